The quantitative estimate of drug-likeness (QED) is 0.670. The molecule has 0 spiro atoms. The monoisotopic (exact) mass is 388 g/mol. The van der Waals surface area contributed by atoms with Crippen molar-refractivity contribution in [2.75, 3.05) is 16.8 Å². The maximum Gasteiger partial charge on any atom is 0.338 e. The van der Waals surface area contributed by atoms with Crippen molar-refractivity contribution < 1.29 is 19.1 Å². The number of ether oxygens (including phenoxy) is 1. The lowest BCUT2D eigenvalue weighted by atomic mass is 10.1. The van der Waals surface area contributed by atoms with Gasteiger partial charge in [0.25, 0.3) is 5.91 Å². The molecule has 4 rings (SSSR count). The maximum atomic E-state index is 13.0. The van der Waals surface area contributed by atoms with Gasteiger partial charge in [-0.05, 0) is 55.6 Å². The Labute approximate surface area is 168 Å². The molecule has 6 heteroatoms. The molecule has 2 amide bonds. The van der Waals surface area contributed by atoms with Crippen LogP contribution < -0.4 is 10.2 Å². The zero-order valence-electron chi connectivity index (χ0n) is 16.1. The van der Waals surface area contributed by atoms with E-state index in [0.29, 0.717) is 23.4 Å². The number of rotatable bonds is 5. The summed E-state index contributed by atoms with van der Waals surface area (Å²) in [7, 11) is 0. The number of nitrogens with zero attached hydrogens (tertiary/aromatic N) is 1. The summed E-state index contributed by atoms with van der Waals surface area (Å²) in [6, 6.07) is 17.0. The van der Waals surface area contributed by atoms with Gasteiger partial charge in [-0.25, -0.2) is 4.79 Å². The van der Waals surface area contributed by atoms with Crippen LogP contribution in [0.1, 0.15) is 34.6 Å². The zero-order valence-corrected chi connectivity index (χ0v) is 16.1. The molecule has 1 atom stereocenters. The number of carbonyl (C=O) groups excluding carboxylic acids is 3. The van der Waals surface area contributed by atoms with Gasteiger partial charge in [0.2, 0.25) is 5.91 Å². The summed E-state index contributed by atoms with van der Waals surface area (Å²) >= 11 is 0. The van der Waals surface area contributed by atoms with Crippen molar-refractivity contribution in [1.82, 2.24) is 0 Å². The van der Waals surface area contributed by atoms with Crippen LogP contribution in [0.3, 0.4) is 0 Å². The molecule has 0 saturated carbocycles. The van der Waals surface area contributed by atoms with Crippen LogP contribution in [0.2, 0.25) is 0 Å². The summed E-state index contributed by atoms with van der Waals surface area (Å²) in [5, 5.41) is 4.66. The lowest BCUT2D eigenvalue weighted by Crippen LogP contribution is -2.44. The van der Waals surface area contributed by atoms with Crippen LogP contribution in [0.25, 0.3) is 10.8 Å². The van der Waals surface area contributed by atoms with Crippen LogP contribution in [-0.2, 0) is 9.53 Å². The first-order valence-electron chi connectivity index (χ1n) is 9.44. The van der Waals surface area contributed by atoms with Gasteiger partial charge in [0.1, 0.15) is 6.04 Å². The average Bonchev–Trinajstić information content (AvgIpc) is 3.02. The van der Waals surface area contributed by atoms with Gasteiger partial charge in [-0.2, -0.15) is 0 Å². The van der Waals surface area contributed by atoms with Gasteiger partial charge >= 0.3 is 5.97 Å². The smallest absolute Gasteiger partial charge is 0.338 e. The number of hydrogen-bond donors (Lipinski definition) is 1. The molecular weight excluding hydrogens is 368 g/mol. The number of amides is 2. The Morgan fingerprint density at radius 1 is 1.03 bits per heavy atom. The first-order chi connectivity index (χ1) is 14.0. The summed E-state index contributed by atoms with van der Waals surface area (Å²) in [6.45, 7) is 3.74. The minimum Gasteiger partial charge on any atom is -0.462 e. The molecule has 0 bridgehead atoms. The van der Waals surface area contributed by atoms with Crippen LogP contribution in [0.4, 0.5) is 11.4 Å². The number of carbonyl (C=O) groups is 3. The molecule has 0 aromatic heterocycles. The highest BCUT2D eigenvalue weighted by molar-refractivity contribution is 6.26. The second kappa shape index (κ2) is 7.39. The van der Waals surface area contributed by atoms with Crippen LogP contribution in [0.15, 0.2) is 60.7 Å². The molecule has 1 aliphatic heterocycles. The Balaban J connectivity index is 1.54. The van der Waals surface area contributed by atoms with Crippen molar-refractivity contribution in [2.45, 2.75) is 19.9 Å². The van der Waals surface area contributed by atoms with E-state index < -0.39 is 12.0 Å². The number of esters is 1. The summed E-state index contributed by atoms with van der Waals surface area (Å²) in [5.41, 5.74) is 2.30. The number of hydrogen-bond acceptors (Lipinski definition) is 4. The standard InChI is InChI=1S/C23H20N2O4/c1-3-29-23(28)16-10-12-17(13-11-16)24-21(26)14(2)25-19-9-5-7-15-6-4-8-18(20(15)19)22(25)27/h4-14H,3H2,1-2H3,(H,24,26). The van der Waals surface area contributed by atoms with Crippen LogP contribution in [0, 0.1) is 0 Å². The third-order valence-electron chi connectivity index (χ3n) is 5.02. The maximum absolute atomic E-state index is 13.0. The Hall–Kier alpha value is -3.67. The van der Waals surface area contributed by atoms with Gasteiger partial charge in [0.05, 0.1) is 17.9 Å². The third kappa shape index (κ3) is 3.23. The van der Waals surface area contributed by atoms with Crippen molar-refractivity contribution in [3.63, 3.8) is 0 Å². The van der Waals surface area contributed by atoms with Crippen molar-refractivity contribution in [1.29, 1.82) is 0 Å². The molecular formula is C23H20N2O4. The molecule has 1 unspecified atom stereocenters. The fraction of sp³-hybridized carbons (Fsp3) is 0.174. The molecule has 3 aromatic rings. The fourth-order valence-corrected chi connectivity index (χ4v) is 3.59. The summed E-state index contributed by atoms with van der Waals surface area (Å²) < 4.78 is 4.95. The second-order valence-electron chi connectivity index (χ2n) is 6.82. The van der Waals surface area contributed by atoms with E-state index in [-0.39, 0.29) is 11.8 Å². The van der Waals surface area contributed by atoms with Crippen molar-refractivity contribution in [3.8, 4) is 0 Å². The Morgan fingerprint density at radius 3 is 2.41 bits per heavy atom. The van der Waals surface area contributed by atoms with Gasteiger partial charge < -0.3 is 10.1 Å². The van der Waals surface area contributed by atoms with E-state index in [2.05, 4.69) is 5.32 Å². The molecule has 1 heterocycles. The van der Waals surface area contributed by atoms with Gasteiger partial charge in [-0.1, -0.05) is 24.3 Å². The highest BCUT2D eigenvalue weighted by atomic mass is 16.5. The van der Waals surface area contributed by atoms with Crippen LogP contribution in [-0.4, -0.2) is 30.4 Å². The SMILES string of the molecule is CCOC(=O)c1ccc(NC(=O)C(C)N2C(=O)c3cccc4cccc2c34)cc1. The van der Waals surface area contributed by atoms with Crippen molar-refractivity contribution >= 4 is 39.9 Å². The van der Waals surface area contributed by atoms with Gasteiger partial charge in [0.15, 0.2) is 0 Å². The lowest BCUT2D eigenvalue weighted by Gasteiger charge is -2.24. The average molecular weight is 388 g/mol. The first-order valence-corrected chi connectivity index (χ1v) is 9.44. The van der Waals surface area contributed by atoms with E-state index in [9.17, 15) is 14.4 Å². The number of anilines is 2. The Bertz CT molecular complexity index is 1120. The zero-order chi connectivity index (χ0) is 20.5. The van der Waals surface area contributed by atoms with Gasteiger partial charge in [0, 0.05) is 16.6 Å². The topological polar surface area (TPSA) is 75.7 Å². The molecule has 3 aromatic carbocycles. The first kappa shape index (κ1) is 18.7. The Kier molecular flexibility index (Phi) is 4.76. The van der Waals surface area contributed by atoms with Gasteiger partial charge in [-0.3, -0.25) is 14.5 Å². The molecule has 0 radical (unpaired) electrons. The van der Waals surface area contributed by atoms with E-state index in [1.807, 2.05) is 30.3 Å². The fourth-order valence-electron chi connectivity index (χ4n) is 3.59. The molecule has 1 N–H and O–H groups in total. The lowest BCUT2D eigenvalue weighted by molar-refractivity contribution is -0.117. The molecule has 1 aliphatic rings. The summed E-state index contributed by atoms with van der Waals surface area (Å²) in [6.07, 6.45) is 0. The van der Waals surface area contributed by atoms with Crippen molar-refractivity contribution in [2.24, 2.45) is 0 Å². The second-order valence-corrected chi connectivity index (χ2v) is 6.82. The predicted octanol–water partition coefficient (Wildman–Crippen LogP) is 4.00. The van der Waals surface area contributed by atoms with E-state index >= 15 is 0 Å². The molecule has 0 aliphatic carbocycles. The van der Waals surface area contributed by atoms with E-state index in [1.54, 1.807) is 44.2 Å². The highest BCUT2D eigenvalue weighted by Gasteiger charge is 2.35. The normalized spacial score (nSPS) is 13.4. The van der Waals surface area contributed by atoms with Crippen molar-refractivity contribution in [3.05, 3.63) is 71.8 Å². The van der Waals surface area contributed by atoms with Crippen LogP contribution >= 0.6 is 0 Å². The van der Waals surface area contributed by atoms with Gasteiger partial charge in [-0.15, -0.1) is 0 Å². The van der Waals surface area contributed by atoms with E-state index in [4.69, 9.17) is 4.74 Å². The summed E-state index contributed by atoms with van der Waals surface area (Å²) in [4.78, 5) is 39.1. The predicted molar refractivity (Wildman–Crippen MR) is 111 cm³/mol. The number of benzene rings is 3. The molecule has 146 valence electrons. The molecule has 29 heavy (non-hydrogen) atoms. The van der Waals surface area contributed by atoms with Crippen LogP contribution in [0.5, 0.6) is 0 Å². The molecule has 6 nitrogen and oxygen atoms in total. The third-order valence-corrected chi connectivity index (χ3v) is 5.02. The number of nitrogens with one attached hydrogen (secondary N) is 1. The molecule has 0 fully saturated rings. The highest BCUT2D eigenvalue weighted by Crippen LogP contribution is 2.38. The largest absolute Gasteiger partial charge is 0.462 e. The Morgan fingerprint density at radius 2 is 1.72 bits per heavy atom. The van der Waals surface area contributed by atoms with E-state index in [1.165, 1.54) is 4.90 Å². The minimum absolute atomic E-state index is 0.183. The molecule has 0 saturated heterocycles. The summed E-state index contributed by atoms with van der Waals surface area (Å²) in [5.74, 6) is -0.906. The van der Waals surface area contributed by atoms with E-state index in [0.717, 1.165) is 16.5 Å². The minimum atomic E-state index is -0.703.